The van der Waals surface area contributed by atoms with Crippen LogP contribution in [0.3, 0.4) is 0 Å². The summed E-state index contributed by atoms with van der Waals surface area (Å²) in [6, 6.07) is 6.34. The molecule has 142 valence electrons. The Bertz CT molecular complexity index is 792. The van der Waals surface area contributed by atoms with Gasteiger partial charge in [0.25, 0.3) is 0 Å². The zero-order valence-electron chi connectivity index (χ0n) is 14.9. The van der Waals surface area contributed by atoms with Crippen molar-refractivity contribution < 1.29 is 22.8 Å². The highest BCUT2D eigenvalue weighted by Gasteiger charge is 2.47. The largest absolute Gasteiger partial charge is 0.350 e. The van der Waals surface area contributed by atoms with Gasteiger partial charge in [-0.1, -0.05) is 17.3 Å². The van der Waals surface area contributed by atoms with E-state index in [2.05, 4.69) is 10.3 Å². The number of halogens is 1. The molecule has 0 spiro atoms. The van der Waals surface area contributed by atoms with E-state index in [1.54, 1.807) is 45.3 Å². The maximum Gasteiger partial charge on any atom is 0.350 e. The number of hydrogen-bond donors (Lipinski definition) is 0. The smallest absolute Gasteiger partial charge is 0.308 e. The summed E-state index contributed by atoms with van der Waals surface area (Å²) in [5.41, 5.74) is 0.756. The molecule has 1 aliphatic rings. The number of hydrogen-bond acceptors (Lipinski definition) is 7. The Balaban J connectivity index is 1.80. The molecular formula is C16H22FN4O4P. The summed E-state index contributed by atoms with van der Waals surface area (Å²) >= 11 is 0. The molecule has 2 atom stereocenters. The van der Waals surface area contributed by atoms with Crippen molar-refractivity contribution >= 4 is 7.60 Å². The lowest BCUT2D eigenvalue weighted by molar-refractivity contribution is -0.162. The van der Waals surface area contributed by atoms with Crippen LogP contribution < -0.4 is 0 Å². The SMILES string of the molecule is CCOP(=O)(OCC)[C@@H]1C[C@H](n2cc(-c3ccccc3F)nn2)ON1C. The van der Waals surface area contributed by atoms with Gasteiger partial charge in [0.2, 0.25) is 0 Å². The molecule has 1 aliphatic heterocycles. The highest BCUT2D eigenvalue weighted by atomic mass is 31.2. The predicted octanol–water partition coefficient (Wildman–Crippen LogP) is 3.44. The van der Waals surface area contributed by atoms with Gasteiger partial charge < -0.3 is 9.05 Å². The molecule has 2 aromatic rings. The molecule has 1 fully saturated rings. The van der Waals surface area contributed by atoms with E-state index in [1.807, 2.05) is 0 Å². The Labute approximate surface area is 151 Å². The van der Waals surface area contributed by atoms with E-state index in [4.69, 9.17) is 13.9 Å². The summed E-state index contributed by atoms with van der Waals surface area (Å²) in [6.07, 6.45) is 1.41. The minimum Gasteiger partial charge on any atom is -0.308 e. The Morgan fingerprint density at radius 3 is 2.65 bits per heavy atom. The van der Waals surface area contributed by atoms with Gasteiger partial charge in [-0.3, -0.25) is 9.40 Å². The van der Waals surface area contributed by atoms with E-state index in [1.165, 1.54) is 15.8 Å². The minimum atomic E-state index is -3.36. The molecule has 0 N–H and O–H groups in total. The number of benzene rings is 1. The molecule has 0 bridgehead atoms. The maximum absolute atomic E-state index is 13.9. The Morgan fingerprint density at radius 1 is 1.31 bits per heavy atom. The monoisotopic (exact) mass is 384 g/mol. The number of hydroxylamine groups is 2. The normalized spacial score (nSPS) is 21.4. The molecule has 26 heavy (non-hydrogen) atoms. The van der Waals surface area contributed by atoms with Crippen molar-refractivity contribution in [3.8, 4) is 11.3 Å². The van der Waals surface area contributed by atoms with Gasteiger partial charge in [-0.05, 0) is 26.0 Å². The van der Waals surface area contributed by atoms with Crippen LogP contribution in [0.4, 0.5) is 4.39 Å². The highest BCUT2D eigenvalue weighted by molar-refractivity contribution is 7.54. The first-order valence-corrected chi connectivity index (χ1v) is 10.0. The van der Waals surface area contributed by atoms with E-state index in [9.17, 15) is 8.96 Å². The Kier molecular flexibility index (Phi) is 5.84. The van der Waals surface area contributed by atoms with Gasteiger partial charge in [0, 0.05) is 19.0 Å². The molecule has 8 nitrogen and oxygen atoms in total. The molecule has 10 heteroatoms. The van der Waals surface area contributed by atoms with Crippen LogP contribution >= 0.6 is 7.60 Å². The lowest BCUT2D eigenvalue weighted by Crippen LogP contribution is -2.25. The molecule has 3 rings (SSSR count). The van der Waals surface area contributed by atoms with Crippen LogP contribution in [-0.4, -0.2) is 46.1 Å². The Morgan fingerprint density at radius 2 is 2.00 bits per heavy atom. The van der Waals surface area contributed by atoms with Gasteiger partial charge >= 0.3 is 7.60 Å². The molecule has 0 unspecified atom stereocenters. The topological polar surface area (TPSA) is 78.7 Å². The summed E-state index contributed by atoms with van der Waals surface area (Å²) < 4.78 is 39.3. The van der Waals surface area contributed by atoms with Crippen LogP contribution in [0.25, 0.3) is 11.3 Å². The lowest BCUT2D eigenvalue weighted by atomic mass is 10.1. The molecule has 1 saturated heterocycles. The van der Waals surface area contributed by atoms with Crippen LogP contribution in [0, 0.1) is 5.82 Å². The van der Waals surface area contributed by atoms with Crippen molar-refractivity contribution in [2.24, 2.45) is 0 Å². The van der Waals surface area contributed by atoms with Crippen LogP contribution in [0.1, 0.15) is 26.5 Å². The van der Waals surface area contributed by atoms with Gasteiger partial charge in [-0.25, -0.2) is 9.07 Å². The summed E-state index contributed by atoms with van der Waals surface area (Å²) in [5.74, 6) is -0.937. The molecule has 0 saturated carbocycles. The maximum atomic E-state index is 13.9. The van der Waals surface area contributed by atoms with E-state index >= 15 is 0 Å². The van der Waals surface area contributed by atoms with Crippen LogP contribution in [0.15, 0.2) is 30.5 Å². The van der Waals surface area contributed by atoms with Crippen molar-refractivity contribution in [1.29, 1.82) is 0 Å². The lowest BCUT2D eigenvalue weighted by Gasteiger charge is -2.25. The van der Waals surface area contributed by atoms with Gasteiger partial charge in [0.1, 0.15) is 17.3 Å². The van der Waals surface area contributed by atoms with Gasteiger partial charge in [-0.15, -0.1) is 5.10 Å². The first-order chi connectivity index (χ1) is 12.5. The second-order valence-corrected chi connectivity index (χ2v) is 7.95. The van der Waals surface area contributed by atoms with Crippen molar-refractivity contribution in [1.82, 2.24) is 20.1 Å². The molecule has 0 aliphatic carbocycles. The summed E-state index contributed by atoms with van der Waals surface area (Å²) in [4.78, 5) is 5.75. The Hall–Kier alpha value is -1.64. The average molecular weight is 384 g/mol. The van der Waals surface area contributed by atoms with Crippen LogP contribution in [-0.2, 0) is 18.5 Å². The molecule has 0 radical (unpaired) electrons. The second-order valence-electron chi connectivity index (χ2n) is 5.76. The van der Waals surface area contributed by atoms with Crippen molar-refractivity contribution in [3.63, 3.8) is 0 Å². The highest BCUT2D eigenvalue weighted by Crippen LogP contribution is 2.58. The summed E-state index contributed by atoms with van der Waals surface area (Å²) in [7, 11) is -1.69. The van der Waals surface area contributed by atoms with Crippen LogP contribution in [0.2, 0.25) is 0 Å². The molecule has 1 aromatic heterocycles. The average Bonchev–Trinajstić information content (AvgIpc) is 3.23. The van der Waals surface area contributed by atoms with Crippen molar-refractivity contribution in [2.45, 2.75) is 32.3 Å². The number of aromatic nitrogens is 3. The fraction of sp³-hybridized carbons (Fsp3) is 0.500. The third-order valence-electron chi connectivity index (χ3n) is 4.06. The first-order valence-electron chi connectivity index (χ1n) is 8.43. The third kappa shape index (κ3) is 3.72. The molecule has 0 amide bonds. The standard InChI is InChI=1S/C16H22FN4O4P/c1-4-23-26(22,24-5-2)16-10-15(25-20(16)3)21-11-14(18-19-21)12-8-6-7-9-13(12)17/h6-9,11,15-16H,4-5,10H2,1-3H3/t15-,16-/m1/s1. The summed E-state index contributed by atoms with van der Waals surface area (Å²) in [6.45, 7) is 4.06. The van der Waals surface area contributed by atoms with Crippen molar-refractivity contribution in [3.05, 3.63) is 36.3 Å². The van der Waals surface area contributed by atoms with Gasteiger partial charge in [0.15, 0.2) is 6.23 Å². The third-order valence-corrected chi connectivity index (χ3v) is 6.56. The zero-order chi connectivity index (χ0) is 18.7. The van der Waals surface area contributed by atoms with Crippen LogP contribution in [0.5, 0.6) is 0 Å². The molecule has 1 aromatic carbocycles. The quantitative estimate of drug-likeness (QED) is 0.677. The fourth-order valence-corrected chi connectivity index (χ4v) is 4.93. The second kappa shape index (κ2) is 7.94. The molecular weight excluding hydrogens is 362 g/mol. The van der Waals surface area contributed by atoms with Crippen molar-refractivity contribution in [2.75, 3.05) is 20.3 Å². The van der Waals surface area contributed by atoms with E-state index in [0.717, 1.165) is 0 Å². The first kappa shape index (κ1) is 19.1. The van der Waals surface area contributed by atoms with Gasteiger partial charge in [-0.2, -0.15) is 5.06 Å². The fourth-order valence-electron chi connectivity index (χ4n) is 2.90. The zero-order valence-corrected chi connectivity index (χ0v) is 15.8. The van der Waals surface area contributed by atoms with E-state index in [0.29, 0.717) is 17.7 Å². The van der Waals surface area contributed by atoms with E-state index in [-0.39, 0.29) is 19.0 Å². The van der Waals surface area contributed by atoms with Gasteiger partial charge in [0.05, 0.1) is 19.4 Å². The molecule has 2 heterocycles. The predicted molar refractivity (Wildman–Crippen MR) is 92.6 cm³/mol. The summed E-state index contributed by atoms with van der Waals surface area (Å²) in [5, 5.41) is 9.53. The van der Waals surface area contributed by atoms with E-state index < -0.39 is 19.6 Å². The number of rotatable bonds is 7. The number of nitrogens with zero attached hydrogens (tertiary/aromatic N) is 4. The minimum absolute atomic E-state index is 0.271.